The maximum Gasteiger partial charge on any atom is 0.213 e. The first-order chi connectivity index (χ1) is 11.7. The number of aromatic nitrogens is 3. The highest BCUT2D eigenvalue weighted by atomic mass is 16.5. The summed E-state index contributed by atoms with van der Waals surface area (Å²) in [6, 6.07) is 5.93. The van der Waals surface area contributed by atoms with Crippen molar-refractivity contribution < 1.29 is 4.74 Å². The summed E-state index contributed by atoms with van der Waals surface area (Å²) in [4.78, 5) is 8.50. The number of pyridine rings is 1. The van der Waals surface area contributed by atoms with Crippen molar-refractivity contribution >= 4 is 5.96 Å². The normalized spacial score (nSPS) is 14.5. The zero-order valence-electron chi connectivity index (χ0n) is 14.2. The maximum atomic E-state index is 5.72. The van der Waals surface area contributed by atoms with E-state index in [1.54, 1.807) is 19.4 Å². The Balaban J connectivity index is 1.47. The van der Waals surface area contributed by atoms with E-state index in [0.717, 1.165) is 29.7 Å². The van der Waals surface area contributed by atoms with Crippen molar-refractivity contribution in [1.82, 2.24) is 25.4 Å². The minimum atomic E-state index is 0.660. The van der Waals surface area contributed by atoms with Gasteiger partial charge in [0, 0.05) is 39.1 Å². The van der Waals surface area contributed by atoms with Crippen LogP contribution in [0.15, 0.2) is 35.6 Å². The molecule has 0 amide bonds. The monoisotopic (exact) mass is 328 g/mol. The fraction of sp³-hybridized carbons (Fsp3) is 0.471. The second-order valence-electron chi connectivity index (χ2n) is 5.98. The van der Waals surface area contributed by atoms with Gasteiger partial charge >= 0.3 is 0 Å². The molecule has 128 valence electrons. The summed E-state index contributed by atoms with van der Waals surface area (Å²) >= 11 is 0. The fourth-order valence-electron chi connectivity index (χ4n) is 2.28. The number of rotatable bonds is 7. The molecule has 0 atom stereocenters. The van der Waals surface area contributed by atoms with Crippen LogP contribution < -0.4 is 15.4 Å². The zero-order valence-corrected chi connectivity index (χ0v) is 14.2. The van der Waals surface area contributed by atoms with Gasteiger partial charge in [-0.05, 0) is 36.5 Å². The molecule has 0 saturated heterocycles. The molecule has 0 aliphatic heterocycles. The van der Waals surface area contributed by atoms with Gasteiger partial charge < -0.3 is 15.4 Å². The number of hydrogen-bond donors (Lipinski definition) is 2. The average molecular weight is 328 g/mol. The standard InChI is InChI=1S/C17H24N6O/c1-18-17(21-11-15-6-8-22-23(15)2)20-10-14-5-7-19-16(9-14)24-12-13-3-4-13/h5-9,13H,3-4,10-12H2,1-2H3,(H2,18,20,21). The topological polar surface area (TPSA) is 76.4 Å². The lowest BCUT2D eigenvalue weighted by Crippen LogP contribution is -2.36. The lowest BCUT2D eigenvalue weighted by Gasteiger charge is -2.12. The van der Waals surface area contributed by atoms with Gasteiger partial charge in [-0.2, -0.15) is 5.10 Å². The molecule has 7 nitrogen and oxygen atoms in total. The number of guanidine groups is 1. The molecule has 0 aromatic carbocycles. The van der Waals surface area contributed by atoms with Crippen LogP contribution >= 0.6 is 0 Å². The Morgan fingerprint density at radius 1 is 1.29 bits per heavy atom. The second kappa shape index (κ2) is 7.81. The number of hydrogen-bond acceptors (Lipinski definition) is 4. The molecule has 2 aromatic rings. The van der Waals surface area contributed by atoms with Crippen molar-refractivity contribution in [1.29, 1.82) is 0 Å². The van der Waals surface area contributed by atoms with Gasteiger partial charge in [0.1, 0.15) is 0 Å². The van der Waals surface area contributed by atoms with Crippen LogP contribution in [0, 0.1) is 5.92 Å². The molecular weight excluding hydrogens is 304 g/mol. The minimum Gasteiger partial charge on any atom is -0.477 e. The lowest BCUT2D eigenvalue weighted by atomic mass is 10.2. The molecule has 0 spiro atoms. The highest BCUT2D eigenvalue weighted by Crippen LogP contribution is 2.29. The van der Waals surface area contributed by atoms with Crippen molar-refractivity contribution in [3.63, 3.8) is 0 Å². The van der Waals surface area contributed by atoms with Crippen LogP contribution in [-0.2, 0) is 20.1 Å². The Morgan fingerprint density at radius 3 is 2.83 bits per heavy atom. The van der Waals surface area contributed by atoms with Crippen LogP contribution in [0.4, 0.5) is 0 Å². The van der Waals surface area contributed by atoms with Gasteiger partial charge in [-0.1, -0.05) is 0 Å². The van der Waals surface area contributed by atoms with Gasteiger partial charge in [0.25, 0.3) is 0 Å². The van der Waals surface area contributed by atoms with E-state index >= 15 is 0 Å². The number of aliphatic imine (C=N–C) groups is 1. The number of nitrogens with zero attached hydrogens (tertiary/aromatic N) is 4. The van der Waals surface area contributed by atoms with Crippen LogP contribution in [0.1, 0.15) is 24.1 Å². The second-order valence-corrected chi connectivity index (χ2v) is 5.98. The minimum absolute atomic E-state index is 0.660. The summed E-state index contributed by atoms with van der Waals surface area (Å²) in [5.74, 6) is 2.16. The summed E-state index contributed by atoms with van der Waals surface area (Å²) in [5.41, 5.74) is 2.21. The molecule has 2 aromatic heterocycles. The van der Waals surface area contributed by atoms with Crippen molar-refractivity contribution in [3.8, 4) is 5.88 Å². The van der Waals surface area contributed by atoms with Crippen molar-refractivity contribution in [3.05, 3.63) is 41.9 Å². The van der Waals surface area contributed by atoms with Crippen LogP contribution in [0.3, 0.4) is 0 Å². The molecule has 2 heterocycles. The molecule has 0 radical (unpaired) electrons. The van der Waals surface area contributed by atoms with Gasteiger partial charge in [0.05, 0.1) is 18.8 Å². The first kappa shape index (κ1) is 16.3. The van der Waals surface area contributed by atoms with E-state index in [1.165, 1.54) is 12.8 Å². The Labute approximate surface area is 142 Å². The van der Waals surface area contributed by atoms with E-state index in [0.29, 0.717) is 19.0 Å². The Kier molecular flexibility index (Phi) is 5.30. The van der Waals surface area contributed by atoms with E-state index in [4.69, 9.17) is 4.74 Å². The van der Waals surface area contributed by atoms with Gasteiger partial charge in [0.15, 0.2) is 5.96 Å². The molecular formula is C17H24N6O. The molecule has 1 saturated carbocycles. The van der Waals surface area contributed by atoms with Crippen LogP contribution in [0.25, 0.3) is 0 Å². The molecule has 0 bridgehead atoms. The van der Waals surface area contributed by atoms with Crippen molar-refractivity contribution in [2.75, 3.05) is 13.7 Å². The van der Waals surface area contributed by atoms with Gasteiger partial charge in [-0.3, -0.25) is 9.67 Å². The Morgan fingerprint density at radius 2 is 2.12 bits per heavy atom. The van der Waals surface area contributed by atoms with Crippen molar-refractivity contribution in [2.24, 2.45) is 18.0 Å². The van der Waals surface area contributed by atoms with Gasteiger partial charge in [-0.15, -0.1) is 0 Å². The summed E-state index contributed by atoms with van der Waals surface area (Å²) < 4.78 is 7.56. The summed E-state index contributed by atoms with van der Waals surface area (Å²) in [6.07, 6.45) is 6.12. The number of nitrogens with one attached hydrogen (secondary N) is 2. The van der Waals surface area contributed by atoms with E-state index in [1.807, 2.05) is 29.9 Å². The predicted molar refractivity (Wildman–Crippen MR) is 92.7 cm³/mol. The number of ether oxygens (including phenoxy) is 1. The van der Waals surface area contributed by atoms with E-state index < -0.39 is 0 Å². The molecule has 1 fully saturated rings. The molecule has 0 unspecified atom stereocenters. The SMILES string of the molecule is CN=C(NCc1ccnc(OCC2CC2)c1)NCc1ccnn1C. The summed E-state index contributed by atoms with van der Waals surface area (Å²) in [5, 5.41) is 10.7. The summed E-state index contributed by atoms with van der Waals surface area (Å²) in [7, 11) is 3.68. The molecule has 2 N–H and O–H groups in total. The molecule has 3 rings (SSSR count). The first-order valence-corrected chi connectivity index (χ1v) is 8.23. The molecule has 7 heteroatoms. The number of aryl methyl sites for hydroxylation is 1. The maximum absolute atomic E-state index is 5.72. The average Bonchev–Trinajstić information content (AvgIpc) is 3.35. The molecule has 1 aliphatic carbocycles. The smallest absolute Gasteiger partial charge is 0.213 e. The molecule has 1 aliphatic rings. The lowest BCUT2D eigenvalue weighted by molar-refractivity contribution is 0.288. The third-order valence-corrected chi connectivity index (χ3v) is 4.01. The Hall–Kier alpha value is -2.57. The van der Waals surface area contributed by atoms with Crippen LogP contribution in [0.2, 0.25) is 0 Å². The van der Waals surface area contributed by atoms with Crippen molar-refractivity contribution in [2.45, 2.75) is 25.9 Å². The highest BCUT2D eigenvalue weighted by Gasteiger charge is 2.22. The third kappa shape index (κ3) is 4.71. The van der Waals surface area contributed by atoms with E-state index in [2.05, 4.69) is 25.7 Å². The van der Waals surface area contributed by atoms with Crippen LogP contribution in [-0.4, -0.2) is 34.4 Å². The predicted octanol–water partition coefficient (Wildman–Crippen LogP) is 1.47. The first-order valence-electron chi connectivity index (χ1n) is 8.23. The Bertz CT molecular complexity index is 692. The van der Waals surface area contributed by atoms with Gasteiger partial charge in [0.2, 0.25) is 5.88 Å². The molecule has 24 heavy (non-hydrogen) atoms. The van der Waals surface area contributed by atoms with E-state index in [-0.39, 0.29) is 0 Å². The van der Waals surface area contributed by atoms with E-state index in [9.17, 15) is 0 Å². The van der Waals surface area contributed by atoms with Gasteiger partial charge in [-0.25, -0.2) is 4.98 Å². The largest absolute Gasteiger partial charge is 0.477 e. The summed E-state index contributed by atoms with van der Waals surface area (Å²) in [6.45, 7) is 2.10. The quantitative estimate of drug-likeness (QED) is 0.594. The van der Waals surface area contributed by atoms with Crippen LogP contribution in [0.5, 0.6) is 5.88 Å². The fourth-order valence-corrected chi connectivity index (χ4v) is 2.28. The highest BCUT2D eigenvalue weighted by molar-refractivity contribution is 5.79. The third-order valence-electron chi connectivity index (χ3n) is 4.01. The zero-order chi connectivity index (χ0) is 16.8.